The highest BCUT2D eigenvalue weighted by atomic mass is 31.2. The fourth-order valence-electron chi connectivity index (χ4n) is 5.72. The van der Waals surface area contributed by atoms with Crippen LogP contribution in [-0.4, -0.2) is 82.2 Å². The normalized spacial score (nSPS) is 17.8. The van der Waals surface area contributed by atoms with Gasteiger partial charge in [0, 0.05) is 12.8 Å². The van der Waals surface area contributed by atoms with Crippen molar-refractivity contribution in [2.24, 2.45) is 0 Å². The van der Waals surface area contributed by atoms with Crippen molar-refractivity contribution in [1.29, 1.82) is 0 Å². The molecule has 0 aromatic heterocycles. The van der Waals surface area contributed by atoms with Gasteiger partial charge in [0.15, 0.2) is 6.10 Å². The fourth-order valence-corrected chi connectivity index (χ4v) is 6.45. The summed E-state index contributed by atoms with van der Waals surface area (Å²) in [6.07, 6.45) is 38.8. The van der Waals surface area contributed by atoms with Crippen molar-refractivity contribution in [3.05, 3.63) is 48.6 Å². The number of phosphoric acid groups is 1. The molecule has 4 atom stereocenters. The minimum absolute atomic E-state index is 0.0445. The maximum absolute atomic E-state index is 12.6. The number of nitrogens with zero attached hydrogens (tertiary/aromatic N) is 1. The number of esters is 2. The van der Waals surface area contributed by atoms with E-state index in [9.17, 15) is 19.0 Å². The third-order valence-electron chi connectivity index (χ3n) is 9.25. The van der Waals surface area contributed by atoms with Gasteiger partial charge in [0.1, 0.15) is 19.8 Å². The van der Waals surface area contributed by atoms with E-state index in [4.69, 9.17) is 23.3 Å². The Balaban J connectivity index is 2.33. The maximum Gasteiger partial charge on any atom is 0.306 e. The van der Waals surface area contributed by atoms with Gasteiger partial charge < -0.3 is 32.6 Å². The van der Waals surface area contributed by atoms with E-state index in [2.05, 4.69) is 62.5 Å². The predicted octanol–water partition coefficient (Wildman–Crippen LogP) is 10.3. The Morgan fingerprint density at radius 3 is 1.89 bits per heavy atom. The number of rotatable bonds is 37. The van der Waals surface area contributed by atoms with E-state index in [1.165, 1.54) is 44.9 Å². The summed E-state index contributed by atoms with van der Waals surface area (Å²) >= 11 is 0. The monoisotopic (exact) mass is 796 g/mol. The van der Waals surface area contributed by atoms with Crippen molar-refractivity contribution in [2.45, 2.75) is 173 Å². The number of hydrogen-bond acceptors (Lipinski definition) is 9. The van der Waals surface area contributed by atoms with E-state index in [-0.39, 0.29) is 26.1 Å². The Kier molecular flexibility index (Phi) is 30.5. The van der Waals surface area contributed by atoms with Gasteiger partial charge in [0.25, 0.3) is 7.82 Å². The molecule has 1 saturated heterocycles. The van der Waals surface area contributed by atoms with Crippen molar-refractivity contribution in [2.75, 3.05) is 47.5 Å². The topological polar surface area (TPSA) is 124 Å². The van der Waals surface area contributed by atoms with E-state index < -0.39 is 32.5 Å². The largest absolute Gasteiger partial charge is 0.756 e. The smallest absolute Gasteiger partial charge is 0.306 e. The number of epoxide rings is 1. The molecule has 318 valence electrons. The molecule has 0 saturated carbocycles. The van der Waals surface area contributed by atoms with Crippen LogP contribution in [0.3, 0.4) is 0 Å². The second-order valence-electron chi connectivity index (χ2n) is 15.7. The van der Waals surface area contributed by atoms with Gasteiger partial charge in [-0.2, -0.15) is 0 Å². The fraction of sp³-hybridized carbons (Fsp3) is 0.773. The molecular formula is C44H78NO9P. The van der Waals surface area contributed by atoms with Gasteiger partial charge in [-0.25, -0.2) is 0 Å². The van der Waals surface area contributed by atoms with Crippen LogP contribution in [-0.2, 0) is 37.4 Å². The number of phosphoric ester groups is 1. The molecule has 0 bridgehead atoms. The highest BCUT2D eigenvalue weighted by Gasteiger charge is 2.36. The molecule has 1 fully saturated rings. The molecule has 1 heterocycles. The molecule has 1 aliphatic heterocycles. The SMILES string of the molecule is CCCCC/C=C\C/C=C\C/C=C\CCCCC(=O)O[C@H](COC(=O)CCCCCCC/C=C\CC1OC1CCCCC)COP(=O)([O-])OCC[N+](C)(C)C. The van der Waals surface area contributed by atoms with E-state index in [1.807, 2.05) is 21.1 Å². The first kappa shape index (κ1) is 50.9. The first-order valence-corrected chi connectivity index (χ1v) is 22.9. The van der Waals surface area contributed by atoms with Crippen LogP contribution in [0.5, 0.6) is 0 Å². The lowest BCUT2D eigenvalue weighted by molar-refractivity contribution is -0.870. The Bertz CT molecular complexity index is 1150. The summed E-state index contributed by atoms with van der Waals surface area (Å²) in [6, 6.07) is 0. The maximum atomic E-state index is 12.6. The van der Waals surface area contributed by atoms with Crippen LogP contribution >= 0.6 is 7.82 Å². The second-order valence-corrected chi connectivity index (χ2v) is 17.1. The molecule has 0 radical (unpaired) electrons. The number of quaternary nitrogens is 1. The zero-order valence-electron chi connectivity index (χ0n) is 35.3. The van der Waals surface area contributed by atoms with Gasteiger partial charge >= 0.3 is 11.9 Å². The number of carbonyl (C=O) groups is 2. The predicted molar refractivity (Wildman–Crippen MR) is 221 cm³/mol. The molecule has 0 aromatic carbocycles. The van der Waals surface area contributed by atoms with Crippen LogP contribution in [0.4, 0.5) is 0 Å². The quantitative estimate of drug-likeness (QED) is 0.0151. The lowest BCUT2D eigenvalue weighted by Crippen LogP contribution is -2.37. The molecule has 1 rings (SSSR count). The summed E-state index contributed by atoms with van der Waals surface area (Å²) in [6.45, 7) is 4.08. The van der Waals surface area contributed by atoms with Gasteiger partial charge in [0.2, 0.25) is 0 Å². The number of hydrogen-bond donors (Lipinski definition) is 0. The summed E-state index contributed by atoms with van der Waals surface area (Å²) in [5.41, 5.74) is 0. The van der Waals surface area contributed by atoms with Gasteiger partial charge in [-0.3, -0.25) is 14.2 Å². The van der Waals surface area contributed by atoms with E-state index >= 15 is 0 Å². The molecule has 10 nitrogen and oxygen atoms in total. The average molecular weight is 796 g/mol. The van der Waals surface area contributed by atoms with Crippen LogP contribution in [0, 0.1) is 0 Å². The zero-order chi connectivity index (χ0) is 40.5. The number of carbonyl (C=O) groups excluding carboxylic acids is 2. The summed E-state index contributed by atoms with van der Waals surface area (Å²) < 4.78 is 39.6. The van der Waals surface area contributed by atoms with Gasteiger partial charge in [0.05, 0.1) is 40.0 Å². The van der Waals surface area contributed by atoms with E-state index in [0.717, 1.165) is 70.6 Å². The molecule has 0 N–H and O–H groups in total. The van der Waals surface area contributed by atoms with Crippen molar-refractivity contribution < 1.29 is 46.8 Å². The highest BCUT2D eigenvalue weighted by Crippen LogP contribution is 2.38. The standard InChI is InChI=1S/C44H78NO9P/c1-6-8-10-11-12-13-14-15-16-17-18-19-24-27-31-35-44(47)53-40(39-52-55(48,49)51-37-36-45(3,4)5)38-50-43(46)34-30-26-23-21-20-22-25-29-33-42-41(54-42)32-28-9-7-2/h12-13,15-16,18-19,25,29,40-42H,6-11,14,17,20-24,26-28,30-39H2,1-5H3/b13-12-,16-15-,19-18-,29-25-/t40-,41?,42?/m1/s1. The first-order chi connectivity index (χ1) is 26.5. The highest BCUT2D eigenvalue weighted by molar-refractivity contribution is 7.45. The molecule has 0 aliphatic carbocycles. The number of ether oxygens (including phenoxy) is 3. The molecule has 0 spiro atoms. The summed E-state index contributed by atoms with van der Waals surface area (Å²) in [5.74, 6) is -0.905. The van der Waals surface area contributed by atoms with E-state index in [0.29, 0.717) is 36.1 Å². The molecule has 0 amide bonds. The van der Waals surface area contributed by atoms with Crippen molar-refractivity contribution in [1.82, 2.24) is 0 Å². The minimum Gasteiger partial charge on any atom is -0.756 e. The van der Waals surface area contributed by atoms with Crippen molar-refractivity contribution in [3.63, 3.8) is 0 Å². The lowest BCUT2D eigenvalue weighted by Gasteiger charge is -2.28. The van der Waals surface area contributed by atoms with Crippen LogP contribution < -0.4 is 4.89 Å². The molecule has 0 aromatic rings. The Morgan fingerprint density at radius 2 is 1.22 bits per heavy atom. The molecule has 11 heteroatoms. The zero-order valence-corrected chi connectivity index (χ0v) is 36.2. The number of unbranched alkanes of at least 4 members (excludes halogenated alkanes) is 12. The van der Waals surface area contributed by atoms with E-state index in [1.54, 1.807) is 0 Å². The number of allylic oxidation sites excluding steroid dienone is 7. The summed E-state index contributed by atoms with van der Waals surface area (Å²) in [5, 5.41) is 0. The lowest BCUT2D eigenvalue weighted by atomic mass is 10.1. The van der Waals surface area contributed by atoms with Crippen LogP contribution in [0.25, 0.3) is 0 Å². The summed E-state index contributed by atoms with van der Waals surface area (Å²) in [4.78, 5) is 37.5. The van der Waals surface area contributed by atoms with Crippen LogP contribution in [0.15, 0.2) is 48.6 Å². The van der Waals surface area contributed by atoms with Crippen LogP contribution in [0.1, 0.15) is 155 Å². The van der Waals surface area contributed by atoms with Gasteiger partial charge in [-0.15, -0.1) is 0 Å². The van der Waals surface area contributed by atoms with Gasteiger partial charge in [-0.1, -0.05) is 114 Å². The Morgan fingerprint density at radius 1 is 0.673 bits per heavy atom. The minimum atomic E-state index is -4.64. The van der Waals surface area contributed by atoms with Gasteiger partial charge in [-0.05, 0) is 77.0 Å². The number of likely N-dealkylation sites (N-methyl/N-ethyl adjacent to an activating group) is 1. The molecular weight excluding hydrogens is 717 g/mol. The van der Waals surface area contributed by atoms with Crippen molar-refractivity contribution >= 4 is 19.8 Å². The summed E-state index contributed by atoms with van der Waals surface area (Å²) in [7, 11) is 1.12. The third kappa shape index (κ3) is 33.8. The second kappa shape index (κ2) is 33.0. The first-order valence-electron chi connectivity index (χ1n) is 21.5. The van der Waals surface area contributed by atoms with Crippen LogP contribution in [0.2, 0.25) is 0 Å². The Hall–Kier alpha value is -2.07. The van der Waals surface area contributed by atoms with Crippen molar-refractivity contribution in [3.8, 4) is 0 Å². The Labute approximate surface area is 335 Å². The molecule has 1 aliphatic rings. The third-order valence-corrected chi connectivity index (χ3v) is 10.2. The molecule has 3 unspecified atom stereocenters. The molecule has 55 heavy (non-hydrogen) atoms. The average Bonchev–Trinajstić information content (AvgIpc) is 3.89.